The van der Waals surface area contributed by atoms with E-state index < -0.39 is 4.99 Å². The number of hydrogen-bond acceptors (Lipinski definition) is 5. The van der Waals surface area contributed by atoms with Crippen LogP contribution in [0.25, 0.3) is 0 Å². The minimum atomic E-state index is -0.460. The zero-order chi connectivity index (χ0) is 9.47. The zero-order valence-corrected chi connectivity index (χ0v) is 9.19. The Labute approximate surface area is 86.9 Å². The molecular formula is C8H11N3S2. The van der Waals surface area contributed by atoms with Gasteiger partial charge in [-0.15, -0.1) is 24.0 Å². The van der Waals surface area contributed by atoms with Crippen molar-refractivity contribution in [1.82, 2.24) is 10.3 Å². The topological polar surface area (TPSA) is 27.6 Å². The summed E-state index contributed by atoms with van der Waals surface area (Å²) in [7, 11) is 1.98. The van der Waals surface area contributed by atoms with Crippen LogP contribution in [0.2, 0.25) is 0 Å². The van der Waals surface area contributed by atoms with Crippen LogP contribution in [0.4, 0.5) is 0 Å². The highest BCUT2D eigenvalue weighted by atomic mass is 32.1. The monoisotopic (exact) mass is 213 g/mol. The van der Waals surface area contributed by atoms with Crippen molar-refractivity contribution >= 4 is 29.8 Å². The average molecular weight is 213 g/mol. The van der Waals surface area contributed by atoms with Crippen LogP contribution in [-0.4, -0.2) is 17.8 Å². The van der Waals surface area contributed by atoms with E-state index in [2.05, 4.69) is 29.2 Å². The van der Waals surface area contributed by atoms with Gasteiger partial charge in [0.05, 0.1) is 4.88 Å². The zero-order valence-electron chi connectivity index (χ0n) is 7.48. The van der Waals surface area contributed by atoms with E-state index in [0.29, 0.717) is 0 Å². The molecule has 0 fully saturated rings. The number of amidine groups is 1. The van der Waals surface area contributed by atoms with Gasteiger partial charge in [0.15, 0.2) is 0 Å². The molecule has 0 spiro atoms. The molecule has 0 aromatic carbocycles. The van der Waals surface area contributed by atoms with Crippen LogP contribution in [0.1, 0.15) is 11.8 Å². The Hall–Kier alpha value is -0.680. The van der Waals surface area contributed by atoms with Crippen molar-refractivity contribution in [1.29, 1.82) is 0 Å². The van der Waals surface area contributed by atoms with E-state index in [0.717, 1.165) is 10.7 Å². The standard InChI is InChI=1S/C8H11N3S2/c1-6-9-10-8(12,11(6)2)7-4-3-5-13-7/h3-5,10,12H,1-2H3/t8-/m1/s1. The fourth-order valence-corrected chi connectivity index (χ4v) is 2.48. The molecule has 3 nitrogen and oxygen atoms in total. The van der Waals surface area contributed by atoms with E-state index in [1.807, 2.05) is 30.3 Å². The van der Waals surface area contributed by atoms with Crippen molar-refractivity contribution in [3.63, 3.8) is 0 Å². The first-order valence-corrected chi connectivity index (χ1v) is 5.29. The number of nitrogens with one attached hydrogen (secondary N) is 1. The van der Waals surface area contributed by atoms with E-state index in [4.69, 9.17) is 0 Å². The minimum absolute atomic E-state index is 0.460. The molecule has 1 aromatic rings. The maximum atomic E-state index is 4.60. The first kappa shape index (κ1) is 8.90. The summed E-state index contributed by atoms with van der Waals surface area (Å²) >= 11 is 6.27. The molecule has 1 aliphatic rings. The summed E-state index contributed by atoms with van der Waals surface area (Å²) in [5, 5.41) is 6.19. The third-order valence-electron chi connectivity index (χ3n) is 2.21. The number of hydrogen-bond donors (Lipinski definition) is 2. The second kappa shape index (κ2) is 2.92. The van der Waals surface area contributed by atoms with Gasteiger partial charge in [0.1, 0.15) is 5.84 Å². The molecule has 0 aliphatic carbocycles. The number of thiol groups is 1. The summed E-state index contributed by atoms with van der Waals surface area (Å²) in [6, 6.07) is 4.07. The number of nitrogens with zero attached hydrogens (tertiary/aromatic N) is 2. The number of rotatable bonds is 1. The lowest BCUT2D eigenvalue weighted by Gasteiger charge is -2.30. The highest BCUT2D eigenvalue weighted by Crippen LogP contribution is 2.34. The molecule has 13 heavy (non-hydrogen) atoms. The van der Waals surface area contributed by atoms with Gasteiger partial charge in [-0.1, -0.05) is 6.07 Å². The lowest BCUT2D eigenvalue weighted by Crippen LogP contribution is -2.43. The van der Waals surface area contributed by atoms with Crippen molar-refractivity contribution in [3.05, 3.63) is 22.4 Å². The van der Waals surface area contributed by atoms with Crippen molar-refractivity contribution < 1.29 is 0 Å². The molecule has 0 amide bonds. The molecule has 1 N–H and O–H groups in total. The van der Waals surface area contributed by atoms with E-state index in [-0.39, 0.29) is 0 Å². The molecule has 0 bridgehead atoms. The maximum Gasteiger partial charge on any atom is 0.208 e. The molecule has 0 saturated carbocycles. The van der Waals surface area contributed by atoms with Gasteiger partial charge in [-0.2, -0.15) is 5.10 Å². The average Bonchev–Trinajstić information content (AvgIpc) is 2.71. The Bertz CT molecular complexity index is 333. The van der Waals surface area contributed by atoms with Crippen LogP contribution >= 0.6 is 24.0 Å². The van der Waals surface area contributed by atoms with Crippen molar-refractivity contribution in [2.24, 2.45) is 5.10 Å². The predicted octanol–water partition coefficient (Wildman–Crippen LogP) is 1.66. The SMILES string of the molecule is CC1=NN[C@](S)(c2cccs2)N1C. The third kappa shape index (κ3) is 1.23. The summed E-state index contributed by atoms with van der Waals surface area (Å²) < 4.78 is 0. The fraction of sp³-hybridized carbons (Fsp3) is 0.375. The Kier molecular flexibility index (Phi) is 2.00. The summed E-state index contributed by atoms with van der Waals surface area (Å²) in [6.07, 6.45) is 0. The van der Waals surface area contributed by atoms with Gasteiger partial charge in [0.25, 0.3) is 0 Å². The molecule has 0 radical (unpaired) electrons. The molecule has 70 valence electrons. The van der Waals surface area contributed by atoms with Crippen molar-refractivity contribution in [2.75, 3.05) is 7.05 Å². The molecule has 0 unspecified atom stereocenters. The summed E-state index contributed by atoms with van der Waals surface area (Å²) in [4.78, 5) is 2.71. The molecule has 1 aliphatic heterocycles. The maximum absolute atomic E-state index is 4.60. The first-order chi connectivity index (χ1) is 6.14. The molecule has 2 rings (SSSR count). The Morgan fingerprint density at radius 1 is 1.69 bits per heavy atom. The molecule has 2 heterocycles. The predicted molar refractivity (Wildman–Crippen MR) is 59.0 cm³/mol. The number of hydrazone groups is 1. The first-order valence-electron chi connectivity index (χ1n) is 3.96. The summed E-state index contributed by atoms with van der Waals surface area (Å²) in [5.41, 5.74) is 3.02. The van der Waals surface area contributed by atoms with E-state index in [9.17, 15) is 0 Å². The molecule has 1 aromatic heterocycles. The van der Waals surface area contributed by atoms with Gasteiger partial charge in [-0.25, -0.2) is 0 Å². The van der Waals surface area contributed by atoms with Gasteiger partial charge in [0.2, 0.25) is 4.99 Å². The second-order valence-corrected chi connectivity index (χ2v) is 4.57. The lowest BCUT2D eigenvalue weighted by atomic mass is 10.3. The Morgan fingerprint density at radius 2 is 2.46 bits per heavy atom. The van der Waals surface area contributed by atoms with E-state index in [1.54, 1.807) is 11.3 Å². The highest BCUT2D eigenvalue weighted by molar-refractivity contribution is 7.81. The van der Waals surface area contributed by atoms with Crippen LogP contribution in [0.5, 0.6) is 0 Å². The normalized spacial score (nSPS) is 27.3. The quantitative estimate of drug-likeness (QED) is 0.694. The summed E-state index contributed by atoms with van der Waals surface area (Å²) in [5.74, 6) is 0.948. The Morgan fingerprint density at radius 3 is 2.92 bits per heavy atom. The molecule has 5 heteroatoms. The summed E-state index contributed by atoms with van der Waals surface area (Å²) in [6.45, 7) is 1.96. The van der Waals surface area contributed by atoms with Crippen LogP contribution in [0.3, 0.4) is 0 Å². The van der Waals surface area contributed by atoms with Crippen LogP contribution in [-0.2, 0) is 4.99 Å². The third-order valence-corrected chi connectivity index (χ3v) is 3.98. The largest absolute Gasteiger partial charge is 0.325 e. The van der Waals surface area contributed by atoms with Crippen LogP contribution in [0, 0.1) is 0 Å². The molecule has 0 saturated heterocycles. The van der Waals surface area contributed by atoms with Crippen molar-refractivity contribution in [3.8, 4) is 0 Å². The van der Waals surface area contributed by atoms with Crippen LogP contribution < -0.4 is 5.43 Å². The highest BCUT2D eigenvalue weighted by Gasteiger charge is 2.38. The van der Waals surface area contributed by atoms with Crippen molar-refractivity contribution in [2.45, 2.75) is 11.9 Å². The lowest BCUT2D eigenvalue weighted by molar-refractivity contribution is 0.319. The van der Waals surface area contributed by atoms with E-state index >= 15 is 0 Å². The number of thiophene rings is 1. The fourth-order valence-electron chi connectivity index (χ4n) is 1.24. The van der Waals surface area contributed by atoms with Gasteiger partial charge in [0, 0.05) is 7.05 Å². The Balaban J connectivity index is 2.35. The van der Waals surface area contributed by atoms with Gasteiger partial charge < -0.3 is 4.90 Å². The van der Waals surface area contributed by atoms with Gasteiger partial charge in [-0.05, 0) is 18.4 Å². The van der Waals surface area contributed by atoms with Crippen LogP contribution in [0.15, 0.2) is 22.6 Å². The van der Waals surface area contributed by atoms with Gasteiger partial charge in [-0.3, -0.25) is 5.43 Å². The van der Waals surface area contributed by atoms with E-state index in [1.165, 1.54) is 0 Å². The smallest absolute Gasteiger partial charge is 0.208 e. The molecule has 1 atom stereocenters. The molecular weight excluding hydrogens is 202 g/mol. The second-order valence-electron chi connectivity index (χ2n) is 2.98. The minimum Gasteiger partial charge on any atom is -0.325 e. The van der Waals surface area contributed by atoms with Gasteiger partial charge >= 0.3 is 0 Å².